The zero-order valence-electron chi connectivity index (χ0n) is 6.16. The first-order chi connectivity index (χ1) is 5.74. The lowest BCUT2D eigenvalue weighted by atomic mass is 10.3. The third-order valence-electron chi connectivity index (χ3n) is 1.19. The molecule has 0 atom stereocenters. The first-order valence-corrected chi connectivity index (χ1v) is 4.38. The molecule has 0 spiro atoms. The van der Waals surface area contributed by atoms with E-state index in [2.05, 4.69) is 22.6 Å². The van der Waals surface area contributed by atoms with Crippen LogP contribution in [0.4, 0.5) is 0 Å². The van der Waals surface area contributed by atoms with Crippen LogP contribution in [0.2, 0.25) is 0 Å². The molecule has 3 nitrogen and oxygen atoms in total. The van der Waals surface area contributed by atoms with Crippen molar-refractivity contribution >= 4 is 28.6 Å². The Balaban J connectivity index is 2.75. The molecule has 1 rings (SSSR count). The van der Waals surface area contributed by atoms with E-state index in [1.54, 1.807) is 12.1 Å². The van der Waals surface area contributed by atoms with Crippen LogP contribution in [0.1, 0.15) is 0 Å². The summed E-state index contributed by atoms with van der Waals surface area (Å²) in [4.78, 5) is 10.7. The molecule has 0 unspecified atom stereocenters. The summed E-state index contributed by atoms with van der Waals surface area (Å²) in [5.41, 5.74) is 0. The Morgan fingerprint density at radius 3 is 2.75 bits per heavy atom. The summed E-state index contributed by atoms with van der Waals surface area (Å²) in [5, 5.41) is 8.41. The number of para-hydroxylation sites is 1. The lowest BCUT2D eigenvalue weighted by molar-refractivity contribution is -0.137. The van der Waals surface area contributed by atoms with Crippen LogP contribution in [0, 0.1) is 3.57 Å². The van der Waals surface area contributed by atoms with E-state index in [1.165, 1.54) is 0 Å². The van der Waals surface area contributed by atoms with Gasteiger partial charge < -0.3 is 9.84 Å². The van der Waals surface area contributed by atoms with E-state index in [9.17, 15) is 4.79 Å². The molecule has 0 aliphatic rings. The zero-order chi connectivity index (χ0) is 8.97. The van der Waals surface area contributed by atoms with E-state index < -0.39 is 12.6 Å². The minimum Gasteiger partial charge on any atom is -0.424 e. The Morgan fingerprint density at radius 2 is 2.17 bits per heavy atom. The van der Waals surface area contributed by atoms with E-state index in [4.69, 9.17) is 9.84 Å². The van der Waals surface area contributed by atoms with Crippen molar-refractivity contribution in [2.75, 3.05) is 6.61 Å². The fraction of sp³-hybridized carbons (Fsp3) is 0.125. The molecule has 0 bridgehead atoms. The lowest BCUT2D eigenvalue weighted by Gasteiger charge is -2.03. The Kier molecular flexibility index (Phi) is 3.48. The number of halogens is 1. The summed E-state index contributed by atoms with van der Waals surface area (Å²) in [7, 11) is 0. The van der Waals surface area contributed by atoms with Crippen LogP contribution in [-0.4, -0.2) is 17.7 Å². The molecule has 1 aromatic rings. The second kappa shape index (κ2) is 4.42. The number of ether oxygens (including phenoxy) is 1. The van der Waals surface area contributed by atoms with Crippen molar-refractivity contribution < 1.29 is 14.6 Å². The Bertz CT molecular complexity index is 285. The lowest BCUT2D eigenvalue weighted by Crippen LogP contribution is -2.12. The van der Waals surface area contributed by atoms with Gasteiger partial charge in [0.1, 0.15) is 12.4 Å². The van der Waals surface area contributed by atoms with Gasteiger partial charge >= 0.3 is 5.97 Å². The molecule has 0 radical (unpaired) electrons. The minimum absolute atomic E-state index is 0.483. The molecular formula is C8H7IO3. The number of esters is 1. The highest BCUT2D eigenvalue weighted by molar-refractivity contribution is 14.1. The summed E-state index contributed by atoms with van der Waals surface area (Å²) < 4.78 is 5.64. The summed E-state index contributed by atoms with van der Waals surface area (Å²) >= 11 is 2.05. The number of benzene rings is 1. The molecule has 0 saturated heterocycles. The van der Waals surface area contributed by atoms with Crippen LogP contribution in [0.15, 0.2) is 24.3 Å². The first-order valence-electron chi connectivity index (χ1n) is 3.30. The number of hydrogen-bond acceptors (Lipinski definition) is 3. The molecule has 0 heterocycles. The maximum atomic E-state index is 10.7. The van der Waals surface area contributed by atoms with Crippen LogP contribution in [-0.2, 0) is 4.79 Å². The standard InChI is InChI=1S/C8H7IO3/c9-6-3-1-2-4-7(6)12-8(11)5-10/h1-4,10H,5H2. The predicted molar refractivity (Wildman–Crippen MR) is 51.9 cm³/mol. The molecule has 0 aliphatic heterocycles. The summed E-state index contributed by atoms with van der Waals surface area (Å²) in [6.45, 7) is -0.592. The highest BCUT2D eigenvalue weighted by atomic mass is 127. The third-order valence-corrected chi connectivity index (χ3v) is 2.08. The van der Waals surface area contributed by atoms with Crippen LogP contribution in [0.25, 0.3) is 0 Å². The molecule has 0 aromatic heterocycles. The number of carbonyl (C=O) groups is 1. The third kappa shape index (κ3) is 2.46. The normalized spacial score (nSPS) is 9.50. The van der Waals surface area contributed by atoms with Gasteiger partial charge in [-0.25, -0.2) is 4.79 Å². The highest BCUT2D eigenvalue weighted by Crippen LogP contribution is 2.19. The fourth-order valence-corrected chi connectivity index (χ4v) is 1.18. The number of aliphatic hydroxyl groups is 1. The molecule has 4 heteroatoms. The van der Waals surface area contributed by atoms with Crippen LogP contribution >= 0.6 is 22.6 Å². The van der Waals surface area contributed by atoms with Crippen LogP contribution < -0.4 is 4.74 Å². The minimum atomic E-state index is -0.640. The monoisotopic (exact) mass is 278 g/mol. The van der Waals surface area contributed by atoms with Crippen molar-refractivity contribution in [3.05, 3.63) is 27.8 Å². The first kappa shape index (κ1) is 9.47. The van der Waals surface area contributed by atoms with Gasteiger partial charge in [0, 0.05) is 0 Å². The van der Waals surface area contributed by atoms with Gasteiger partial charge in [0.15, 0.2) is 0 Å². The van der Waals surface area contributed by atoms with Crippen molar-refractivity contribution in [1.29, 1.82) is 0 Å². The van der Waals surface area contributed by atoms with Gasteiger partial charge in [0.25, 0.3) is 0 Å². The van der Waals surface area contributed by atoms with Crippen molar-refractivity contribution in [3.63, 3.8) is 0 Å². The van der Waals surface area contributed by atoms with Crippen molar-refractivity contribution in [2.24, 2.45) is 0 Å². The Labute approximate surface area is 83.5 Å². The molecule has 1 aromatic carbocycles. The van der Waals surface area contributed by atoms with Crippen molar-refractivity contribution in [3.8, 4) is 5.75 Å². The molecule has 0 amide bonds. The van der Waals surface area contributed by atoms with E-state index in [-0.39, 0.29) is 0 Å². The second-order valence-electron chi connectivity index (χ2n) is 2.06. The van der Waals surface area contributed by atoms with E-state index in [0.29, 0.717) is 5.75 Å². The fourth-order valence-electron chi connectivity index (χ4n) is 0.682. The van der Waals surface area contributed by atoms with E-state index in [1.807, 2.05) is 12.1 Å². The average Bonchev–Trinajstić information content (AvgIpc) is 2.09. The smallest absolute Gasteiger partial charge is 0.337 e. The Hall–Kier alpha value is -0.620. The quantitative estimate of drug-likeness (QED) is 0.502. The average molecular weight is 278 g/mol. The van der Waals surface area contributed by atoms with Crippen molar-refractivity contribution in [1.82, 2.24) is 0 Å². The van der Waals surface area contributed by atoms with Gasteiger partial charge in [-0.3, -0.25) is 0 Å². The largest absolute Gasteiger partial charge is 0.424 e. The predicted octanol–water partition coefficient (Wildman–Crippen LogP) is 1.19. The van der Waals surface area contributed by atoms with Gasteiger partial charge in [-0.2, -0.15) is 0 Å². The van der Waals surface area contributed by atoms with Crippen molar-refractivity contribution in [2.45, 2.75) is 0 Å². The topological polar surface area (TPSA) is 46.5 Å². The number of rotatable bonds is 2. The molecule has 0 aliphatic carbocycles. The molecule has 12 heavy (non-hydrogen) atoms. The molecular weight excluding hydrogens is 271 g/mol. The molecule has 1 N–H and O–H groups in total. The van der Waals surface area contributed by atoms with Gasteiger partial charge in [-0.05, 0) is 34.7 Å². The maximum absolute atomic E-state index is 10.7. The molecule has 0 saturated carbocycles. The number of hydrogen-bond donors (Lipinski definition) is 1. The van der Waals surface area contributed by atoms with Crippen LogP contribution in [0.5, 0.6) is 5.75 Å². The number of carbonyl (C=O) groups excluding carboxylic acids is 1. The maximum Gasteiger partial charge on any atom is 0.337 e. The van der Waals surface area contributed by atoms with E-state index in [0.717, 1.165) is 3.57 Å². The summed E-state index contributed by atoms with van der Waals surface area (Å²) in [5.74, 6) is -0.156. The van der Waals surface area contributed by atoms with Gasteiger partial charge in [-0.15, -0.1) is 0 Å². The SMILES string of the molecule is O=C(CO)Oc1ccccc1I. The second-order valence-corrected chi connectivity index (χ2v) is 3.22. The van der Waals surface area contributed by atoms with Gasteiger partial charge in [-0.1, -0.05) is 12.1 Å². The zero-order valence-corrected chi connectivity index (χ0v) is 8.32. The summed E-state index contributed by atoms with van der Waals surface area (Å²) in [6, 6.07) is 7.11. The van der Waals surface area contributed by atoms with E-state index >= 15 is 0 Å². The number of aliphatic hydroxyl groups excluding tert-OH is 1. The molecule has 64 valence electrons. The van der Waals surface area contributed by atoms with Gasteiger partial charge in [0.2, 0.25) is 0 Å². The van der Waals surface area contributed by atoms with Crippen LogP contribution in [0.3, 0.4) is 0 Å². The van der Waals surface area contributed by atoms with Gasteiger partial charge in [0.05, 0.1) is 3.57 Å². The highest BCUT2D eigenvalue weighted by Gasteiger charge is 2.04. The Morgan fingerprint density at radius 1 is 1.50 bits per heavy atom. The molecule has 0 fully saturated rings. The summed E-state index contributed by atoms with van der Waals surface area (Å²) in [6.07, 6.45) is 0.